The molecule has 0 fully saturated rings. The van der Waals surface area contributed by atoms with Crippen LogP contribution >= 0.6 is 11.3 Å². The summed E-state index contributed by atoms with van der Waals surface area (Å²) in [5.41, 5.74) is 4.98. The normalized spacial score (nSPS) is 11.1. The largest absolute Gasteiger partial charge is 0.461 e. The summed E-state index contributed by atoms with van der Waals surface area (Å²) in [6.45, 7) is 1.86. The molecule has 7 heteroatoms. The molecule has 0 amide bonds. The van der Waals surface area contributed by atoms with Gasteiger partial charge in [0.2, 0.25) is 5.71 Å². The van der Waals surface area contributed by atoms with Crippen LogP contribution in [0.2, 0.25) is 0 Å². The Kier molecular flexibility index (Phi) is 5.02. The van der Waals surface area contributed by atoms with Crippen LogP contribution in [0, 0.1) is 11.3 Å². The molecule has 3 aromatic rings. The molecular weight excluding hydrogens is 336 g/mol. The molecule has 0 saturated heterocycles. The predicted octanol–water partition coefficient (Wildman–Crippen LogP) is 3.82. The number of nitrogens with one attached hydrogen (secondary N) is 1. The first-order valence-electron chi connectivity index (χ1n) is 7.58. The van der Waals surface area contributed by atoms with Gasteiger partial charge in [-0.3, -0.25) is 5.43 Å². The monoisotopic (exact) mass is 350 g/mol. The van der Waals surface area contributed by atoms with Gasteiger partial charge in [-0.2, -0.15) is 10.4 Å². The van der Waals surface area contributed by atoms with Gasteiger partial charge in [0.1, 0.15) is 11.1 Å². The third-order valence-corrected chi connectivity index (χ3v) is 4.38. The van der Waals surface area contributed by atoms with Crippen molar-refractivity contribution in [2.45, 2.75) is 6.92 Å². The second kappa shape index (κ2) is 7.55. The van der Waals surface area contributed by atoms with E-state index in [1.165, 1.54) is 0 Å². The number of aromatic nitrogens is 1. The first kappa shape index (κ1) is 16.6. The number of anilines is 1. The Bertz CT molecular complexity index is 938. The van der Waals surface area contributed by atoms with Crippen molar-refractivity contribution >= 4 is 38.9 Å². The fourth-order valence-corrected chi connectivity index (χ4v) is 3.09. The smallest absolute Gasteiger partial charge is 0.369 e. The Morgan fingerprint density at radius 2 is 2.04 bits per heavy atom. The third kappa shape index (κ3) is 3.82. The van der Waals surface area contributed by atoms with Crippen LogP contribution in [0.25, 0.3) is 20.8 Å². The summed E-state index contributed by atoms with van der Waals surface area (Å²) < 4.78 is 5.89. The highest BCUT2D eigenvalue weighted by atomic mass is 32.1. The molecule has 25 heavy (non-hydrogen) atoms. The molecule has 0 radical (unpaired) electrons. The summed E-state index contributed by atoms with van der Waals surface area (Å²) in [5.74, 6) is -0.747. The van der Waals surface area contributed by atoms with Gasteiger partial charge in [-0.05, 0) is 43.3 Å². The molecule has 0 aliphatic rings. The van der Waals surface area contributed by atoms with E-state index in [1.807, 2.05) is 48.5 Å². The fraction of sp³-hybridized carbons (Fsp3) is 0.111. The van der Waals surface area contributed by atoms with Crippen LogP contribution in [0.3, 0.4) is 0 Å². The van der Waals surface area contributed by atoms with Gasteiger partial charge in [0.25, 0.3) is 0 Å². The first-order valence-corrected chi connectivity index (χ1v) is 8.40. The second-order valence-electron chi connectivity index (χ2n) is 4.97. The van der Waals surface area contributed by atoms with Gasteiger partial charge in [0.15, 0.2) is 0 Å². The number of esters is 1. The van der Waals surface area contributed by atoms with Gasteiger partial charge in [0.05, 0.1) is 22.5 Å². The number of fused-ring (bicyclic) bond motifs is 1. The average Bonchev–Trinajstić information content (AvgIpc) is 3.07. The SMILES string of the molecule is CCOC(=O)/C(C#N)=N/Nc1ccc(-c2nc3ccccc3s2)cc1. The highest BCUT2D eigenvalue weighted by molar-refractivity contribution is 7.21. The maximum Gasteiger partial charge on any atom is 0.369 e. The van der Waals surface area contributed by atoms with Crippen LogP contribution in [0.4, 0.5) is 5.69 Å². The van der Waals surface area contributed by atoms with Gasteiger partial charge in [-0.25, -0.2) is 9.78 Å². The number of hydrogen-bond acceptors (Lipinski definition) is 7. The van der Waals surface area contributed by atoms with E-state index < -0.39 is 5.97 Å². The number of carbonyl (C=O) groups excluding carboxylic acids is 1. The van der Waals surface area contributed by atoms with Crippen molar-refractivity contribution in [3.05, 3.63) is 48.5 Å². The Labute approximate surface area is 148 Å². The summed E-state index contributed by atoms with van der Waals surface area (Å²) in [5, 5.41) is 13.7. The van der Waals surface area contributed by atoms with E-state index in [2.05, 4.69) is 15.5 Å². The zero-order chi connectivity index (χ0) is 17.6. The lowest BCUT2D eigenvalue weighted by atomic mass is 10.2. The number of nitrogens with zero attached hydrogens (tertiary/aromatic N) is 3. The molecule has 1 N–H and O–H groups in total. The van der Waals surface area contributed by atoms with Crippen LogP contribution < -0.4 is 5.43 Å². The van der Waals surface area contributed by atoms with Gasteiger partial charge < -0.3 is 4.74 Å². The minimum atomic E-state index is -0.747. The minimum absolute atomic E-state index is 0.191. The number of benzene rings is 2. The molecule has 0 spiro atoms. The van der Waals surface area contributed by atoms with E-state index in [0.29, 0.717) is 5.69 Å². The Morgan fingerprint density at radius 3 is 2.72 bits per heavy atom. The standard InChI is InChI=1S/C18H14N4O2S/c1-2-24-18(23)15(11-19)22-21-13-9-7-12(8-10-13)17-20-14-5-3-4-6-16(14)25-17/h3-10,21H,2H2,1H3/b22-15+. The third-order valence-electron chi connectivity index (χ3n) is 3.30. The first-order chi connectivity index (χ1) is 12.2. The summed E-state index contributed by atoms with van der Waals surface area (Å²) in [6, 6.07) is 17.1. The highest BCUT2D eigenvalue weighted by Gasteiger charge is 2.11. The molecule has 0 unspecified atom stereocenters. The number of rotatable bonds is 5. The van der Waals surface area contributed by atoms with Crippen LogP contribution in [-0.2, 0) is 9.53 Å². The van der Waals surface area contributed by atoms with Crippen LogP contribution in [-0.4, -0.2) is 23.3 Å². The van der Waals surface area contributed by atoms with E-state index in [-0.39, 0.29) is 12.3 Å². The highest BCUT2D eigenvalue weighted by Crippen LogP contribution is 2.30. The zero-order valence-electron chi connectivity index (χ0n) is 13.4. The fourth-order valence-electron chi connectivity index (χ4n) is 2.12. The number of carbonyl (C=O) groups is 1. The molecule has 0 atom stereocenters. The molecular formula is C18H14N4O2S. The molecule has 0 aliphatic heterocycles. The lowest BCUT2D eigenvalue weighted by Gasteiger charge is -2.03. The van der Waals surface area contributed by atoms with Crippen LogP contribution in [0.15, 0.2) is 53.6 Å². The predicted molar refractivity (Wildman–Crippen MR) is 98.4 cm³/mol. The summed E-state index contributed by atoms with van der Waals surface area (Å²) >= 11 is 1.62. The van der Waals surface area contributed by atoms with E-state index >= 15 is 0 Å². The molecule has 6 nitrogen and oxygen atoms in total. The molecule has 124 valence electrons. The van der Waals surface area contributed by atoms with E-state index in [4.69, 9.17) is 10.00 Å². The number of hydrogen-bond donors (Lipinski definition) is 1. The number of para-hydroxylation sites is 1. The van der Waals surface area contributed by atoms with Gasteiger partial charge in [-0.15, -0.1) is 11.3 Å². The summed E-state index contributed by atoms with van der Waals surface area (Å²) in [7, 11) is 0. The zero-order valence-corrected chi connectivity index (χ0v) is 14.2. The Morgan fingerprint density at radius 1 is 1.28 bits per heavy atom. The lowest BCUT2D eigenvalue weighted by molar-refractivity contribution is -0.134. The minimum Gasteiger partial charge on any atom is -0.461 e. The summed E-state index contributed by atoms with van der Waals surface area (Å²) in [6.07, 6.45) is 0. The van der Waals surface area contributed by atoms with Gasteiger partial charge >= 0.3 is 5.97 Å². The van der Waals surface area contributed by atoms with E-state index in [9.17, 15) is 4.79 Å². The topological polar surface area (TPSA) is 87.4 Å². The second-order valence-corrected chi connectivity index (χ2v) is 6.00. The average molecular weight is 350 g/mol. The molecule has 0 aliphatic carbocycles. The van der Waals surface area contributed by atoms with Crippen molar-refractivity contribution in [1.82, 2.24) is 4.98 Å². The molecule has 3 rings (SSSR count). The van der Waals surface area contributed by atoms with Crippen molar-refractivity contribution in [2.24, 2.45) is 5.10 Å². The van der Waals surface area contributed by atoms with E-state index in [0.717, 1.165) is 20.8 Å². The maximum atomic E-state index is 11.5. The van der Waals surface area contributed by atoms with Crippen molar-refractivity contribution in [1.29, 1.82) is 5.26 Å². The maximum absolute atomic E-state index is 11.5. The molecule has 1 heterocycles. The number of thiazole rings is 1. The van der Waals surface area contributed by atoms with Crippen LogP contribution in [0.1, 0.15) is 6.92 Å². The quantitative estimate of drug-likeness (QED) is 0.429. The summed E-state index contributed by atoms with van der Waals surface area (Å²) in [4.78, 5) is 16.1. The lowest BCUT2D eigenvalue weighted by Crippen LogP contribution is -2.17. The van der Waals surface area contributed by atoms with Crippen molar-refractivity contribution in [3.63, 3.8) is 0 Å². The van der Waals surface area contributed by atoms with Crippen LogP contribution in [0.5, 0.6) is 0 Å². The molecule has 0 bridgehead atoms. The number of nitriles is 1. The van der Waals surface area contributed by atoms with Crippen molar-refractivity contribution in [2.75, 3.05) is 12.0 Å². The molecule has 0 saturated carbocycles. The van der Waals surface area contributed by atoms with Crippen molar-refractivity contribution in [3.8, 4) is 16.6 Å². The molecule has 2 aromatic carbocycles. The van der Waals surface area contributed by atoms with E-state index in [1.54, 1.807) is 24.3 Å². The molecule has 1 aromatic heterocycles. The van der Waals surface area contributed by atoms with Gasteiger partial charge in [-0.1, -0.05) is 12.1 Å². The number of hydrazone groups is 1. The van der Waals surface area contributed by atoms with Gasteiger partial charge in [0, 0.05) is 5.56 Å². The number of ether oxygens (including phenoxy) is 1. The van der Waals surface area contributed by atoms with Crippen molar-refractivity contribution < 1.29 is 9.53 Å². The Hall–Kier alpha value is -3.24. The Balaban J connectivity index is 1.76.